The molecule has 3 fully saturated rings. The molecule has 0 radical (unpaired) electrons. The van der Waals surface area contributed by atoms with Crippen molar-refractivity contribution in [3.05, 3.63) is 0 Å². The predicted octanol–water partition coefficient (Wildman–Crippen LogP) is 0.303. The first-order valence-corrected chi connectivity index (χ1v) is 7.01. The Morgan fingerprint density at radius 3 is 2.13 bits per heavy atom. The minimum Gasteiger partial charge on any atom is -0.378 e. The van der Waals surface area contributed by atoms with Gasteiger partial charge in [-0.3, -0.25) is 0 Å². The summed E-state index contributed by atoms with van der Waals surface area (Å²) in [5, 5.41) is -0.266. The van der Waals surface area contributed by atoms with Crippen LogP contribution in [-0.4, -0.2) is 44.3 Å². The van der Waals surface area contributed by atoms with Gasteiger partial charge in [0.05, 0.1) is 13.2 Å². The Morgan fingerprint density at radius 1 is 1.20 bits per heavy atom. The molecule has 0 spiro atoms. The second-order valence-electron chi connectivity index (χ2n) is 5.56. The standard InChI is InChI=1S/C10H17NO3S/c1-10(2)8-3-11(4-9(8)10)15(12,13)7-5-14-6-7/h7-9H,3-6H2,1-2H3. The molecule has 86 valence electrons. The molecule has 5 heteroatoms. The molecule has 0 bridgehead atoms. The Hall–Kier alpha value is -0.130. The Labute approximate surface area is 90.6 Å². The minimum atomic E-state index is -3.05. The third kappa shape index (κ3) is 1.23. The van der Waals surface area contributed by atoms with Crippen LogP contribution in [0.25, 0.3) is 0 Å². The van der Waals surface area contributed by atoms with E-state index < -0.39 is 10.0 Å². The first kappa shape index (κ1) is 10.1. The van der Waals surface area contributed by atoms with Crippen LogP contribution in [0.5, 0.6) is 0 Å². The summed E-state index contributed by atoms with van der Waals surface area (Å²) in [4.78, 5) is 0. The lowest BCUT2D eigenvalue weighted by Gasteiger charge is -2.31. The Kier molecular flexibility index (Phi) is 1.85. The van der Waals surface area contributed by atoms with Crippen LogP contribution >= 0.6 is 0 Å². The monoisotopic (exact) mass is 231 g/mol. The summed E-state index contributed by atoms with van der Waals surface area (Å²) in [7, 11) is -3.05. The number of rotatable bonds is 2. The lowest BCUT2D eigenvalue weighted by molar-refractivity contribution is 0.0392. The van der Waals surface area contributed by atoms with Crippen molar-refractivity contribution in [3.8, 4) is 0 Å². The molecule has 1 saturated carbocycles. The van der Waals surface area contributed by atoms with Crippen molar-refractivity contribution >= 4 is 10.0 Å². The van der Waals surface area contributed by atoms with Gasteiger partial charge >= 0.3 is 0 Å². The van der Waals surface area contributed by atoms with E-state index in [9.17, 15) is 8.42 Å². The van der Waals surface area contributed by atoms with Gasteiger partial charge in [0.2, 0.25) is 10.0 Å². The van der Waals surface area contributed by atoms with Gasteiger partial charge in [-0.1, -0.05) is 13.8 Å². The third-order valence-corrected chi connectivity index (χ3v) is 6.61. The fourth-order valence-electron chi connectivity index (χ4n) is 2.90. The van der Waals surface area contributed by atoms with Crippen LogP contribution in [-0.2, 0) is 14.8 Å². The first-order valence-electron chi connectivity index (χ1n) is 5.51. The van der Waals surface area contributed by atoms with E-state index in [1.807, 2.05) is 0 Å². The Balaban J connectivity index is 1.72. The third-order valence-electron chi connectivity index (χ3n) is 4.48. The minimum absolute atomic E-state index is 0.266. The number of hydrogen-bond donors (Lipinski definition) is 0. The molecule has 4 nitrogen and oxygen atoms in total. The normalized spacial score (nSPS) is 39.9. The molecule has 2 atom stereocenters. The number of nitrogens with zero attached hydrogens (tertiary/aromatic N) is 1. The number of fused-ring (bicyclic) bond motifs is 1. The van der Waals surface area contributed by atoms with Crippen molar-refractivity contribution in [3.63, 3.8) is 0 Å². The lowest BCUT2D eigenvalue weighted by atomic mass is 10.1. The largest absolute Gasteiger partial charge is 0.378 e. The van der Waals surface area contributed by atoms with E-state index in [-0.39, 0.29) is 5.25 Å². The smallest absolute Gasteiger partial charge is 0.221 e. The van der Waals surface area contributed by atoms with Crippen LogP contribution in [0.3, 0.4) is 0 Å². The average Bonchev–Trinajstić information content (AvgIpc) is 2.44. The van der Waals surface area contributed by atoms with Crippen molar-refractivity contribution in [2.24, 2.45) is 17.3 Å². The Bertz CT molecular complexity index is 371. The maximum atomic E-state index is 12.0. The summed E-state index contributed by atoms with van der Waals surface area (Å²) in [5.74, 6) is 1.18. The van der Waals surface area contributed by atoms with E-state index in [2.05, 4.69) is 13.8 Å². The van der Waals surface area contributed by atoms with Gasteiger partial charge in [-0.05, 0) is 17.3 Å². The van der Waals surface area contributed by atoms with E-state index in [0.717, 1.165) is 13.1 Å². The van der Waals surface area contributed by atoms with Crippen molar-refractivity contribution in [1.29, 1.82) is 0 Å². The van der Waals surface area contributed by atoms with Gasteiger partial charge < -0.3 is 4.74 Å². The quantitative estimate of drug-likeness (QED) is 0.687. The second-order valence-corrected chi connectivity index (χ2v) is 7.77. The molecule has 3 aliphatic rings. The summed E-state index contributed by atoms with van der Waals surface area (Å²) in [6.45, 7) is 6.71. The Morgan fingerprint density at radius 2 is 1.73 bits per heavy atom. The van der Waals surface area contributed by atoms with Crippen molar-refractivity contribution in [1.82, 2.24) is 4.31 Å². The zero-order chi connectivity index (χ0) is 10.8. The van der Waals surface area contributed by atoms with Gasteiger partial charge in [0.15, 0.2) is 0 Å². The molecular formula is C10H17NO3S. The van der Waals surface area contributed by atoms with Crippen molar-refractivity contribution < 1.29 is 13.2 Å². The van der Waals surface area contributed by atoms with Gasteiger partial charge in [0.1, 0.15) is 5.25 Å². The van der Waals surface area contributed by atoms with Crippen LogP contribution < -0.4 is 0 Å². The van der Waals surface area contributed by atoms with Crippen LogP contribution in [0.2, 0.25) is 0 Å². The SMILES string of the molecule is CC1(C)C2CN(S(=O)(=O)C3COC3)CC21. The molecular weight excluding hydrogens is 214 g/mol. The van der Waals surface area contributed by atoms with Gasteiger partial charge in [-0.15, -0.1) is 0 Å². The van der Waals surface area contributed by atoms with Gasteiger partial charge in [-0.25, -0.2) is 12.7 Å². The molecule has 2 unspecified atom stereocenters. The highest BCUT2D eigenvalue weighted by atomic mass is 32.2. The molecule has 0 aromatic rings. The summed E-state index contributed by atoms with van der Waals surface area (Å²) in [6.07, 6.45) is 0. The molecule has 2 aliphatic heterocycles. The highest BCUT2D eigenvalue weighted by Gasteiger charge is 2.64. The lowest BCUT2D eigenvalue weighted by Crippen LogP contribution is -2.49. The molecule has 15 heavy (non-hydrogen) atoms. The van der Waals surface area contributed by atoms with Crippen molar-refractivity contribution in [2.45, 2.75) is 19.1 Å². The van der Waals surface area contributed by atoms with E-state index >= 15 is 0 Å². The molecule has 0 N–H and O–H groups in total. The fourth-order valence-corrected chi connectivity index (χ4v) is 4.60. The van der Waals surface area contributed by atoms with Crippen LogP contribution in [0.4, 0.5) is 0 Å². The molecule has 1 aliphatic carbocycles. The zero-order valence-electron chi connectivity index (χ0n) is 9.14. The summed E-state index contributed by atoms with van der Waals surface area (Å²) < 4.78 is 30.7. The number of hydrogen-bond acceptors (Lipinski definition) is 3. The molecule has 0 aromatic heterocycles. The molecule has 2 saturated heterocycles. The van der Waals surface area contributed by atoms with Crippen LogP contribution in [0.15, 0.2) is 0 Å². The highest BCUT2D eigenvalue weighted by Crippen LogP contribution is 2.62. The maximum Gasteiger partial charge on any atom is 0.221 e. The molecule has 3 rings (SSSR count). The molecule has 0 amide bonds. The van der Waals surface area contributed by atoms with Gasteiger partial charge in [-0.2, -0.15) is 0 Å². The first-order chi connectivity index (χ1) is 6.94. The molecule has 2 heterocycles. The van der Waals surface area contributed by atoms with Gasteiger partial charge in [0, 0.05) is 13.1 Å². The number of piperidine rings is 1. The summed E-state index contributed by atoms with van der Waals surface area (Å²) >= 11 is 0. The molecule has 0 aromatic carbocycles. The second kappa shape index (κ2) is 2.76. The van der Waals surface area contributed by atoms with Gasteiger partial charge in [0.25, 0.3) is 0 Å². The van der Waals surface area contributed by atoms with E-state index in [0.29, 0.717) is 30.5 Å². The maximum absolute atomic E-state index is 12.0. The van der Waals surface area contributed by atoms with E-state index in [1.54, 1.807) is 4.31 Å². The van der Waals surface area contributed by atoms with E-state index in [1.165, 1.54) is 0 Å². The fraction of sp³-hybridized carbons (Fsp3) is 1.00. The predicted molar refractivity (Wildman–Crippen MR) is 55.9 cm³/mol. The van der Waals surface area contributed by atoms with E-state index in [4.69, 9.17) is 4.74 Å². The highest BCUT2D eigenvalue weighted by molar-refractivity contribution is 7.89. The number of ether oxygens (including phenoxy) is 1. The number of sulfonamides is 1. The van der Waals surface area contributed by atoms with Crippen LogP contribution in [0, 0.1) is 17.3 Å². The summed E-state index contributed by atoms with van der Waals surface area (Å²) in [5.41, 5.74) is 0.377. The topological polar surface area (TPSA) is 46.6 Å². The van der Waals surface area contributed by atoms with Crippen molar-refractivity contribution in [2.75, 3.05) is 26.3 Å². The average molecular weight is 231 g/mol. The zero-order valence-corrected chi connectivity index (χ0v) is 9.96. The van der Waals surface area contributed by atoms with Crippen LogP contribution in [0.1, 0.15) is 13.8 Å². The summed E-state index contributed by atoms with van der Waals surface area (Å²) in [6, 6.07) is 0.